The lowest BCUT2D eigenvalue weighted by atomic mass is 9.97. The van der Waals surface area contributed by atoms with Gasteiger partial charge in [0.2, 0.25) is 5.91 Å². The summed E-state index contributed by atoms with van der Waals surface area (Å²) in [4.78, 5) is 34.4. The molecule has 1 aliphatic carbocycles. The summed E-state index contributed by atoms with van der Waals surface area (Å²) in [6.45, 7) is 3.44. The Bertz CT molecular complexity index is 709. The maximum atomic E-state index is 12.9. The van der Waals surface area contributed by atoms with Crippen molar-refractivity contribution in [3.8, 4) is 0 Å². The number of hydrogen-bond donors (Lipinski definition) is 0. The number of aromatic nitrogens is 2. The lowest BCUT2D eigenvalue weighted by Crippen LogP contribution is -2.47. The third kappa shape index (κ3) is 2.88. The first kappa shape index (κ1) is 16.1. The van der Waals surface area contributed by atoms with Crippen LogP contribution in [0.25, 0.3) is 0 Å². The Labute approximate surface area is 146 Å². The molecular weight excluding hydrogens is 324 g/mol. The highest BCUT2D eigenvalue weighted by Crippen LogP contribution is 2.34. The summed E-state index contributed by atoms with van der Waals surface area (Å²) < 4.78 is 1.81. The Balaban J connectivity index is 1.54. The van der Waals surface area contributed by atoms with E-state index in [1.54, 1.807) is 11.8 Å². The highest BCUT2D eigenvalue weighted by Gasteiger charge is 2.32. The average molecular weight is 348 g/mol. The van der Waals surface area contributed by atoms with Crippen LogP contribution in [0.2, 0.25) is 0 Å². The Morgan fingerprint density at radius 3 is 2.75 bits per heavy atom. The minimum absolute atomic E-state index is 0.0376. The number of amides is 1. The van der Waals surface area contributed by atoms with E-state index in [0.717, 1.165) is 74.0 Å². The van der Waals surface area contributed by atoms with Gasteiger partial charge in [-0.3, -0.25) is 14.2 Å². The van der Waals surface area contributed by atoms with Gasteiger partial charge in [-0.05, 0) is 32.7 Å². The molecule has 7 heteroatoms. The predicted octanol–water partition coefficient (Wildman–Crippen LogP) is 0.933. The van der Waals surface area contributed by atoms with Gasteiger partial charge in [0.25, 0.3) is 5.56 Å². The number of piperazine rings is 1. The van der Waals surface area contributed by atoms with Crippen molar-refractivity contribution in [2.24, 2.45) is 0 Å². The first-order chi connectivity index (χ1) is 11.6. The zero-order valence-electron chi connectivity index (χ0n) is 14.2. The molecule has 130 valence electrons. The molecule has 1 fully saturated rings. The summed E-state index contributed by atoms with van der Waals surface area (Å²) in [6.07, 6.45) is 4.37. The highest BCUT2D eigenvalue weighted by molar-refractivity contribution is 7.99. The van der Waals surface area contributed by atoms with Crippen LogP contribution in [0, 0.1) is 0 Å². The van der Waals surface area contributed by atoms with E-state index in [2.05, 4.69) is 11.9 Å². The molecule has 0 unspecified atom stereocenters. The average Bonchev–Trinajstić information content (AvgIpc) is 2.98. The van der Waals surface area contributed by atoms with E-state index in [9.17, 15) is 9.59 Å². The van der Waals surface area contributed by atoms with Crippen LogP contribution in [-0.4, -0.2) is 64.2 Å². The van der Waals surface area contributed by atoms with Crippen molar-refractivity contribution in [1.82, 2.24) is 19.4 Å². The normalized spacial score (nSPS) is 23.9. The van der Waals surface area contributed by atoms with Gasteiger partial charge >= 0.3 is 0 Å². The Kier molecular flexibility index (Phi) is 4.39. The van der Waals surface area contributed by atoms with Crippen LogP contribution < -0.4 is 5.56 Å². The highest BCUT2D eigenvalue weighted by atomic mass is 32.2. The first-order valence-corrected chi connectivity index (χ1v) is 9.85. The summed E-state index contributed by atoms with van der Waals surface area (Å²) in [6, 6.07) is -0.0376. The zero-order chi connectivity index (χ0) is 16.7. The van der Waals surface area contributed by atoms with Crippen molar-refractivity contribution >= 4 is 17.7 Å². The lowest BCUT2D eigenvalue weighted by Gasteiger charge is -2.33. The van der Waals surface area contributed by atoms with Gasteiger partial charge in [-0.25, -0.2) is 4.98 Å². The third-order valence-electron chi connectivity index (χ3n) is 5.39. The number of thioether (sulfide) groups is 1. The van der Waals surface area contributed by atoms with Gasteiger partial charge in [-0.1, -0.05) is 11.8 Å². The molecule has 0 aromatic carbocycles. The molecule has 1 saturated heterocycles. The molecular formula is C17H24N4O2S. The van der Waals surface area contributed by atoms with Crippen LogP contribution in [0.1, 0.15) is 36.6 Å². The van der Waals surface area contributed by atoms with Gasteiger partial charge in [-0.15, -0.1) is 0 Å². The topological polar surface area (TPSA) is 58.4 Å². The second kappa shape index (κ2) is 6.52. The molecule has 6 nitrogen and oxygen atoms in total. The van der Waals surface area contributed by atoms with Crippen LogP contribution in [0.4, 0.5) is 0 Å². The van der Waals surface area contributed by atoms with E-state index in [1.807, 2.05) is 9.47 Å². The van der Waals surface area contributed by atoms with E-state index >= 15 is 0 Å². The molecule has 4 rings (SSSR count). The standard InChI is InChI=1S/C17H24N4O2S/c1-19-6-8-20(9-7-19)15(22)10-12-11-24-17-18-14-5-3-2-4-13(14)16(23)21(12)17/h12H,2-11H2,1H3/t12-/m0/s1. The smallest absolute Gasteiger partial charge is 0.257 e. The Morgan fingerprint density at radius 2 is 1.96 bits per heavy atom. The number of rotatable bonds is 2. The van der Waals surface area contributed by atoms with Gasteiger partial charge in [0, 0.05) is 43.9 Å². The van der Waals surface area contributed by atoms with Gasteiger partial charge in [0.15, 0.2) is 5.16 Å². The fourth-order valence-electron chi connectivity index (χ4n) is 3.85. The number of aryl methyl sites for hydroxylation is 1. The fraction of sp³-hybridized carbons (Fsp3) is 0.706. The molecule has 0 bridgehead atoms. The Morgan fingerprint density at radius 1 is 1.21 bits per heavy atom. The molecule has 3 aliphatic rings. The van der Waals surface area contributed by atoms with Crippen molar-refractivity contribution in [3.63, 3.8) is 0 Å². The summed E-state index contributed by atoms with van der Waals surface area (Å²) >= 11 is 1.62. The third-order valence-corrected chi connectivity index (χ3v) is 6.49. The second-order valence-electron chi connectivity index (χ2n) is 7.05. The van der Waals surface area contributed by atoms with Crippen molar-refractivity contribution in [3.05, 3.63) is 21.6 Å². The van der Waals surface area contributed by atoms with Crippen LogP contribution in [0.5, 0.6) is 0 Å². The van der Waals surface area contributed by atoms with Crippen LogP contribution >= 0.6 is 11.8 Å². The number of carbonyl (C=O) groups is 1. The van der Waals surface area contributed by atoms with Crippen molar-refractivity contribution in [2.45, 2.75) is 43.3 Å². The molecule has 3 heterocycles. The van der Waals surface area contributed by atoms with E-state index in [-0.39, 0.29) is 17.5 Å². The van der Waals surface area contributed by atoms with Gasteiger partial charge in [0.1, 0.15) is 0 Å². The van der Waals surface area contributed by atoms with Crippen LogP contribution in [0.15, 0.2) is 9.95 Å². The minimum Gasteiger partial charge on any atom is -0.340 e. The van der Waals surface area contributed by atoms with Gasteiger partial charge < -0.3 is 9.80 Å². The minimum atomic E-state index is -0.0376. The van der Waals surface area contributed by atoms with E-state index in [0.29, 0.717) is 6.42 Å². The fourth-order valence-corrected chi connectivity index (χ4v) is 5.00. The Hall–Kier alpha value is -1.34. The molecule has 0 radical (unpaired) electrons. The summed E-state index contributed by atoms with van der Waals surface area (Å²) in [7, 11) is 2.08. The summed E-state index contributed by atoms with van der Waals surface area (Å²) in [5.74, 6) is 0.955. The molecule has 0 saturated carbocycles. The van der Waals surface area contributed by atoms with Crippen molar-refractivity contribution < 1.29 is 4.79 Å². The predicted molar refractivity (Wildman–Crippen MR) is 93.6 cm³/mol. The number of fused-ring (bicyclic) bond motifs is 2. The molecule has 1 aromatic rings. The number of hydrogen-bond acceptors (Lipinski definition) is 5. The maximum absolute atomic E-state index is 12.9. The van der Waals surface area contributed by atoms with E-state index in [4.69, 9.17) is 4.98 Å². The first-order valence-electron chi connectivity index (χ1n) is 8.87. The number of nitrogens with zero attached hydrogens (tertiary/aromatic N) is 4. The summed E-state index contributed by atoms with van der Waals surface area (Å²) in [5, 5.41) is 0.817. The molecule has 1 aromatic heterocycles. The van der Waals surface area contributed by atoms with Crippen LogP contribution in [0.3, 0.4) is 0 Å². The number of likely N-dealkylation sites (N-methyl/N-ethyl adjacent to an activating group) is 1. The van der Waals surface area contributed by atoms with E-state index < -0.39 is 0 Å². The van der Waals surface area contributed by atoms with Crippen molar-refractivity contribution in [2.75, 3.05) is 39.0 Å². The summed E-state index contributed by atoms with van der Waals surface area (Å²) in [5.41, 5.74) is 2.00. The zero-order valence-corrected chi connectivity index (χ0v) is 15.0. The molecule has 0 spiro atoms. The molecule has 24 heavy (non-hydrogen) atoms. The monoisotopic (exact) mass is 348 g/mol. The maximum Gasteiger partial charge on any atom is 0.257 e. The largest absolute Gasteiger partial charge is 0.340 e. The van der Waals surface area contributed by atoms with Crippen molar-refractivity contribution in [1.29, 1.82) is 0 Å². The van der Waals surface area contributed by atoms with E-state index in [1.165, 1.54) is 0 Å². The van der Waals surface area contributed by atoms with Gasteiger partial charge in [0.05, 0.1) is 11.7 Å². The second-order valence-corrected chi connectivity index (χ2v) is 8.04. The SMILES string of the molecule is CN1CCN(C(=O)C[C@H]2CSc3nc4c(c(=O)n32)CCCC4)CC1. The lowest BCUT2D eigenvalue weighted by molar-refractivity contribution is -0.133. The van der Waals surface area contributed by atoms with Crippen LogP contribution in [-0.2, 0) is 17.6 Å². The molecule has 0 N–H and O–H groups in total. The quantitative estimate of drug-likeness (QED) is 0.745. The molecule has 1 amide bonds. The molecule has 1 atom stereocenters. The molecule has 2 aliphatic heterocycles. The van der Waals surface area contributed by atoms with Gasteiger partial charge in [-0.2, -0.15) is 0 Å². The number of carbonyl (C=O) groups excluding carboxylic acids is 1.